The third-order valence-corrected chi connectivity index (χ3v) is 3.48. The molecule has 0 spiro atoms. The van der Waals surface area contributed by atoms with Gasteiger partial charge in [-0.2, -0.15) is 0 Å². The van der Waals surface area contributed by atoms with Gasteiger partial charge in [0.1, 0.15) is 17.2 Å². The minimum atomic E-state index is -0.598. The molecule has 7 nitrogen and oxygen atoms in total. The quantitative estimate of drug-likeness (QED) is 0.208. The van der Waals surface area contributed by atoms with Crippen LogP contribution in [0.2, 0.25) is 0 Å². The van der Waals surface area contributed by atoms with Crippen LogP contribution in [0.3, 0.4) is 0 Å². The summed E-state index contributed by atoms with van der Waals surface area (Å²) in [5.74, 6) is 0.896. The van der Waals surface area contributed by atoms with Gasteiger partial charge >= 0.3 is 5.97 Å². The van der Waals surface area contributed by atoms with Crippen LogP contribution >= 0.6 is 0 Å². The van der Waals surface area contributed by atoms with Crippen LogP contribution in [-0.4, -0.2) is 24.1 Å². The van der Waals surface area contributed by atoms with E-state index >= 15 is 0 Å². The van der Waals surface area contributed by atoms with E-state index in [-0.39, 0.29) is 18.0 Å². The van der Waals surface area contributed by atoms with Gasteiger partial charge in [-0.1, -0.05) is 19.8 Å². The standard InChI is InChI=1S/C19H21NO6/c1-2-3-4-13-24-16-9-11-17(12-10-16)25-14-19(21)26-18-7-5-15(6-8-18)20(22)23/h5-12H,2-4,13-14H2,1H3. The first kappa shape index (κ1) is 19.2. The van der Waals surface area contributed by atoms with Gasteiger partial charge in [0.05, 0.1) is 11.5 Å². The number of hydrogen-bond acceptors (Lipinski definition) is 6. The highest BCUT2D eigenvalue weighted by molar-refractivity contribution is 5.74. The van der Waals surface area contributed by atoms with E-state index in [1.807, 2.05) is 0 Å². The van der Waals surface area contributed by atoms with Crippen molar-refractivity contribution >= 4 is 11.7 Å². The molecule has 0 amide bonds. The van der Waals surface area contributed by atoms with E-state index in [0.29, 0.717) is 12.4 Å². The van der Waals surface area contributed by atoms with Crippen LogP contribution in [0.1, 0.15) is 26.2 Å². The third kappa shape index (κ3) is 6.43. The van der Waals surface area contributed by atoms with Gasteiger partial charge < -0.3 is 14.2 Å². The molecule has 0 aliphatic heterocycles. The van der Waals surface area contributed by atoms with Crippen LogP contribution < -0.4 is 14.2 Å². The zero-order chi connectivity index (χ0) is 18.8. The summed E-state index contributed by atoms with van der Waals surface area (Å²) in [6, 6.07) is 12.3. The fraction of sp³-hybridized carbons (Fsp3) is 0.316. The molecule has 26 heavy (non-hydrogen) atoms. The van der Waals surface area contributed by atoms with Gasteiger partial charge in [0.25, 0.3) is 5.69 Å². The number of esters is 1. The molecule has 2 aromatic carbocycles. The Bertz CT molecular complexity index is 712. The predicted molar refractivity (Wildman–Crippen MR) is 95.7 cm³/mol. The average molecular weight is 359 g/mol. The Morgan fingerprint density at radius 3 is 2.08 bits per heavy atom. The summed E-state index contributed by atoms with van der Waals surface area (Å²) in [7, 11) is 0. The zero-order valence-electron chi connectivity index (χ0n) is 14.6. The fourth-order valence-electron chi connectivity index (χ4n) is 2.11. The van der Waals surface area contributed by atoms with Crippen molar-refractivity contribution in [2.24, 2.45) is 0 Å². The van der Waals surface area contributed by atoms with E-state index in [9.17, 15) is 14.9 Å². The van der Waals surface area contributed by atoms with E-state index in [2.05, 4.69) is 6.92 Å². The van der Waals surface area contributed by atoms with Crippen LogP contribution in [0.15, 0.2) is 48.5 Å². The number of nitro groups is 1. The monoisotopic (exact) mass is 359 g/mol. The number of nitrogens with zero attached hydrogens (tertiary/aromatic N) is 1. The molecule has 138 valence electrons. The first-order chi connectivity index (χ1) is 12.6. The molecule has 2 rings (SSSR count). The van der Waals surface area contributed by atoms with Gasteiger partial charge in [-0.3, -0.25) is 10.1 Å². The third-order valence-electron chi connectivity index (χ3n) is 3.48. The van der Waals surface area contributed by atoms with Crippen molar-refractivity contribution in [1.29, 1.82) is 0 Å². The fourth-order valence-corrected chi connectivity index (χ4v) is 2.11. The molecule has 2 aromatic rings. The molecule has 0 aliphatic carbocycles. The second-order valence-corrected chi connectivity index (χ2v) is 5.54. The van der Waals surface area contributed by atoms with E-state index in [4.69, 9.17) is 14.2 Å². The molecule has 0 N–H and O–H groups in total. The maximum absolute atomic E-state index is 11.8. The molecule has 0 radical (unpaired) electrons. The molecular weight excluding hydrogens is 338 g/mol. The van der Waals surface area contributed by atoms with Gasteiger partial charge in [-0.15, -0.1) is 0 Å². The first-order valence-corrected chi connectivity index (χ1v) is 8.39. The highest BCUT2D eigenvalue weighted by Crippen LogP contribution is 2.19. The summed E-state index contributed by atoms with van der Waals surface area (Å²) in [5, 5.41) is 10.6. The van der Waals surface area contributed by atoms with Crippen molar-refractivity contribution in [3.05, 3.63) is 58.6 Å². The lowest BCUT2D eigenvalue weighted by atomic mass is 10.3. The highest BCUT2D eigenvalue weighted by atomic mass is 16.6. The summed E-state index contributed by atoms with van der Waals surface area (Å²) in [6.07, 6.45) is 3.30. The molecule has 0 atom stereocenters. The van der Waals surface area contributed by atoms with Gasteiger partial charge in [0, 0.05) is 12.1 Å². The van der Waals surface area contributed by atoms with Crippen LogP contribution in [0.5, 0.6) is 17.2 Å². The number of non-ortho nitro benzene ring substituents is 1. The Hall–Kier alpha value is -3.09. The van der Waals surface area contributed by atoms with Crippen molar-refractivity contribution < 1.29 is 23.9 Å². The SMILES string of the molecule is CCCCCOc1ccc(OCC(=O)Oc2ccc([N+](=O)[O-])cc2)cc1. The second-order valence-electron chi connectivity index (χ2n) is 5.54. The van der Waals surface area contributed by atoms with Crippen molar-refractivity contribution in [3.8, 4) is 17.2 Å². The predicted octanol–water partition coefficient (Wildman–Crippen LogP) is 4.15. The zero-order valence-corrected chi connectivity index (χ0v) is 14.6. The molecular formula is C19H21NO6. The number of rotatable bonds is 10. The average Bonchev–Trinajstić information content (AvgIpc) is 2.65. The van der Waals surface area contributed by atoms with E-state index in [1.54, 1.807) is 24.3 Å². The summed E-state index contributed by atoms with van der Waals surface area (Å²) in [4.78, 5) is 21.8. The Balaban J connectivity index is 1.75. The number of carbonyl (C=O) groups excluding carboxylic acids is 1. The van der Waals surface area contributed by atoms with Crippen LogP contribution in [0.25, 0.3) is 0 Å². The largest absolute Gasteiger partial charge is 0.494 e. The number of ether oxygens (including phenoxy) is 3. The van der Waals surface area contributed by atoms with Crippen LogP contribution in [0, 0.1) is 10.1 Å². The van der Waals surface area contributed by atoms with Gasteiger partial charge in [0.15, 0.2) is 6.61 Å². The molecule has 0 heterocycles. The van der Waals surface area contributed by atoms with E-state index in [0.717, 1.165) is 25.0 Å². The molecule has 0 saturated carbocycles. The van der Waals surface area contributed by atoms with Crippen molar-refractivity contribution in [3.63, 3.8) is 0 Å². The maximum atomic E-state index is 11.8. The van der Waals surface area contributed by atoms with Crippen molar-refractivity contribution in [1.82, 2.24) is 0 Å². The Labute approximate surface area is 151 Å². The van der Waals surface area contributed by atoms with Crippen molar-refractivity contribution in [2.45, 2.75) is 26.2 Å². The van der Waals surface area contributed by atoms with E-state index in [1.165, 1.54) is 24.3 Å². The van der Waals surface area contributed by atoms with Crippen LogP contribution in [-0.2, 0) is 4.79 Å². The molecule has 0 unspecified atom stereocenters. The molecule has 0 fully saturated rings. The van der Waals surface area contributed by atoms with Gasteiger partial charge in [0.2, 0.25) is 0 Å². The maximum Gasteiger partial charge on any atom is 0.349 e. The number of unbranched alkanes of at least 4 members (excludes halogenated alkanes) is 2. The summed E-state index contributed by atoms with van der Waals surface area (Å²) in [6.45, 7) is 2.54. The number of nitro benzene ring substituents is 1. The number of benzene rings is 2. The second kappa shape index (κ2) is 10.0. The molecule has 0 aromatic heterocycles. The summed E-state index contributed by atoms with van der Waals surface area (Å²) < 4.78 is 16.0. The number of carbonyl (C=O) groups is 1. The highest BCUT2D eigenvalue weighted by Gasteiger charge is 2.09. The molecule has 0 saturated heterocycles. The molecule has 0 aliphatic rings. The minimum absolute atomic E-state index is 0.0712. The molecule has 7 heteroatoms. The lowest BCUT2D eigenvalue weighted by molar-refractivity contribution is -0.384. The molecule has 0 bridgehead atoms. The lowest BCUT2D eigenvalue weighted by Gasteiger charge is -2.08. The Morgan fingerprint density at radius 1 is 0.923 bits per heavy atom. The number of hydrogen-bond donors (Lipinski definition) is 0. The topological polar surface area (TPSA) is 87.9 Å². The normalized spacial score (nSPS) is 10.2. The van der Waals surface area contributed by atoms with Gasteiger partial charge in [-0.05, 0) is 42.8 Å². The first-order valence-electron chi connectivity index (χ1n) is 8.39. The summed E-state index contributed by atoms with van der Waals surface area (Å²) >= 11 is 0. The Kier molecular flexibility index (Phi) is 7.42. The van der Waals surface area contributed by atoms with Gasteiger partial charge in [-0.25, -0.2) is 4.79 Å². The lowest BCUT2D eigenvalue weighted by Crippen LogP contribution is -2.17. The summed E-state index contributed by atoms with van der Waals surface area (Å²) in [5.41, 5.74) is -0.0712. The smallest absolute Gasteiger partial charge is 0.349 e. The van der Waals surface area contributed by atoms with Crippen molar-refractivity contribution in [2.75, 3.05) is 13.2 Å². The van der Waals surface area contributed by atoms with Crippen LogP contribution in [0.4, 0.5) is 5.69 Å². The Morgan fingerprint density at radius 2 is 1.50 bits per heavy atom. The minimum Gasteiger partial charge on any atom is -0.494 e. The van der Waals surface area contributed by atoms with E-state index < -0.39 is 10.9 Å².